The lowest BCUT2D eigenvalue weighted by molar-refractivity contribution is 0.487. The minimum atomic E-state index is 0.729. The number of nitrogens with one attached hydrogen (secondary N) is 1. The first-order valence-corrected chi connectivity index (χ1v) is 4.97. The monoisotopic (exact) mass is 155 g/mol. The molecule has 1 rings (SSSR count). The van der Waals surface area contributed by atoms with E-state index in [0.29, 0.717) is 0 Å². The second-order valence-corrected chi connectivity index (χ2v) is 4.07. The molecule has 0 heterocycles. The minimum Gasteiger partial charge on any atom is -0.314 e. The lowest BCUT2D eigenvalue weighted by Gasteiger charge is -2.11. The number of rotatable bonds is 5. The Balaban J connectivity index is 1.94. The van der Waals surface area contributed by atoms with Gasteiger partial charge in [-0.15, -0.1) is 0 Å². The Labute approximate surface area is 70.6 Å². The summed E-state index contributed by atoms with van der Waals surface area (Å²) in [6.45, 7) is 8.13. The minimum absolute atomic E-state index is 0.729. The van der Waals surface area contributed by atoms with Gasteiger partial charge < -0.3 is 5.32 Å². The smallest absolute Gasteiger partial charge is 0.00387 e. The van der Waals surface area contributed by atoms with Crippen LogP contribution in [0.15, 0.2) is 0 Å². The molecule has 0 saturated heterocycles. The Hall–Kier alpha value is -0.0400. The fraction of sp³-hybridized carbons (Fsp3) is 1.00. The molecule has 3 atom stereocenters. The summed E-state index contributed by atoms with van der Waals surface area (Å²) < 4.78 is 0. The highest BCUT2D eigenvalue weighted by Crippen LogP contribution is 2.36. The van der Waals surface area contributed by atoms with E-state index < -0.39 is 0 Å². The molecule has 0 aromatic carbocycles. The second-order valence-electron chi connectivity index (χ2n) is 4.07. The van der Waals surface area contributed by atoms with E-state index >= 15 is 0 Å². The van der Waals surface area contributed by atoms with Crippen LogP contribution in [0.4, 0.5) is 0 Å². The molecule has 1 aliphatic carbocycles. The predicted octanol–water partition coefficient (Wildman–Crippen LogP) is 2.42. The molecule has 1 fully saturated rings. The van der Waals surface area contributed by atoms with Crippen molar-refractivity contribution < 1.29 is 0 Å². The Morgan fingerprint density at radius 2 is 2.18 bits per heavy atom. The Morgan fingerprint density at radius 3 is 2.64 bits per heavy atom. The molecule has 1 nitrogen and oxygen atoms in total. The maximum absolute atomic E-state index is 3.58. The van der Waals surface area contributed by atoms with Crippen LogP contribution in [0.5, 0.6) is 0 Å². The summed E-state index contributed by atoms with van der Waals surface area (Å²) in [5.74, 6) is 1.99. The van der Waals surface area contributed by atoms with Crippen molar-refractivity contribution in [2.45, 2.75) is 46.1 Å². The summed E-state index contributed by atoms with van der Waals surface area (Å²) in [4.78, 5) is 0. The summed E-state index contributed by atoms with van der Waals surface area (Å²) in [5, 5.41) is 3.58. The van der Waals surface area contributed by atoms with Crippen LogP contribution >= 0.6 is 0 Å². The highest BCUT2D eigenvalue weighted by atomic mass is 14.9. The van der Waals surface area contributed by atoms with E-state index in [1.807, 2.05) is 0 Å². The summed E-state index contributed by atoms with van der Waals surface area (Å²) in [6.07, 6.45) is 4.07. The van der Waals surface area contributed by atoms with Gasteiger partial charge in [0, 0.05) is 6.04 Å². The van der Waals surface area contributed by atoms with E-state index in [4.69, 9.17) is 0 Å². The molecule has 0 spiro atoms. The number of hydrogen-bond acceptors (Lipinski definition) is 1. The lowest BCUT2D eigenvalue weighted by Crippen LogP contribution is -2.27. The number of hydrogen-bond donors (Lipinski definition) is 1. The van der Waals surface area contributed by atoms with Crippen molar-refractivity contribution in [2.75, 3.05) is 6.54 Å². The molecule has 1 heteroatoms. The van der Waals surface area contributed by atoms with Crippen LogP contribution in [0.3, 0.4) is 0 Å². The standard InChI is InChI=1S/C10H21N/c1-4-5-9(3)11-7-10-6-8(10)2/h8-11H,4-7H2,1-3H3. The van der Waals surface area contributed by atoms with Gasteiger partial charge in [0.05, 0.1) is 0 Å². The van der Waals surface area contributed by atoms with Gasteiger partial charge in [0.25, 0.3) is 0 Å². The molecule has 0 amide bonds. The largest absolute Gasteiger partial charge is 0.314 e. The topological polar surface area (TPSA) is 12.0 Å². The van der Waals surface area contributed by atoms with Crippen LogP contribution in [0.2, 0.25) is 0 Å². The molecule has 11 heavy (non-hydrogen) atoms. The molecule has 0 aliphatic heterocycles. The van der Waals surface area contributed by atoms with Crippen LogP contribution in [0.25, 0.3) is 0 Å². The molecule has 66 valence electrons. The van der Waals surface area contributed by atoms with Crippen molar-refractivity contribution in [3.8, 4) is 0 Å². The van der Waals surface area contributed by atoms with Gasteiger partial charge in [-0.25, -0.2) is 0 Å². The average molecular weight is 155 g/mol. The molecular formula is C10H21N. The van der Waals surface area contributed by atoms with Crippen molar-refractivity contribution in [1.82, 2.24) is 5.32 Å². The van der Waals surface area contributed by atoms with Crippen LogP contribution in [0.1, 0.15) is 40.0 Å². The van der Waals surface area contributed by atoms with E-state index in [-0.39, 0.29) is 0 Å². The second kappa shape index (κ2) is 4.10. The third kappa shape index (κ3) is 3.24. The normalized spacial score (nSPS) is 31.9. The van der Waals surface area contributed by atoms with Crippen molar-refractivity contribution in [3.05, 3.63) is 0 Å². The highest BCUT2D eigenvalue weighted by molar-refractivity contribution is 4.84. The van der Waals surface area contributed by atoms with Gasteiger partial charge in [-0.2, -0.15) is 0 Å². The van der Waals surface area contributed by atoms with Gasteiger partial charge in [-0.1, -0.05) is 20.3 Å². The third-order valence-corrected chi connectivity index (χ3v) is 2.73. The van der Waals surface area contributed by atoms with Crippen molar-refractivity contribution in [2.24, 2.45) is 11.8 Å². The van der Waals surface area contributed by atoms with Gasteiger partial charge in [0.2, 0.25) is 0 Å². The van der Waals surface area contributed by atoms with Gasteiger partial charge >= 0.3 is 0 Å². The fourth-order valence-electron chi connectivity index (χ4n) is 1.57. The van der Waals surface area contributed by atoms with E-state index in [1.54, 1.807) is 0 Å². The maximum atomic E-state index is 3.58. The first-order valence-electron chi connectivity index (χ1n) is 4.97. The van der Waals surface area contributed by atoms with E-state index in [1.165, 1.54) is 25.8 Å². The molecule has 1 aliphatic rings. The molecule has 1 N–H and O–H groups in total. The van der Waals surface area contributed by atoms with E-state index in [2.05, 4.69) is 26.1 Å². The van der Waals surface area contributed by atoms with Crippen LogP contribution < -0.4 is 5.32 Å². The Bertz CT molecular complexity index is 111. The quantitative estimate of drug-likeness (QED) is 0.643. The zero-order valence-corrected chi connectivity index (χ0v) is 8.06. The molecule has 0 aromatic rings. The first-order chi connectivity index (χ1) is 5.24. The van der Waals surface area contributed by atoms with E-state index in [9.17, 15) is 0 Å². The van der Waals surface area contributed by atoms with Crippen LogP contribution in [-0.2, 0) is 0 Å². The molecule has 0 radical (unpaired) electrons. The fourth-order valence-corrected chi connectivity index (χ4v) is 1.57. The zero-order valence-electron chi connectivity index (χ0n) is 8.06. The van der Waals surface area contributed by atoms with Gasteiger partial charge in [0.15, 0.2) is 0 Å². The Morgan fingerprint density at radius 1 is 1.55 bits per heavy atom. The highest BCUT2D eigenvalue weighted by Gasteiger charge is 2.31. The van der Waals surface area contributed by atoms with Gasteiger partial charge in [-0.3, -0.25) is 0 Å². The van der Waals surface area contributed by atoms with Gasteiger partial charge in [0.1, 0.15) is 0 Å². The summed E-state index contributed by atoms with van der Waals surface area (Å²) in [5.41, 5.74) is 0. The van der Waals surface area contributed by atoms with E-state index in [0.717, 1.165) is 17.9 Å². The van der Waals surface area contributed by atoms with Crippen molar-refractivity contribution in [3.63, 3.8) is 0 Å². The third-order valence-electron chi connectivity index (χ3n) is 2.73. The predicted molar refractivity (Wildman–Crippen MR) is 49.6 cm³/mol. The van der Waals surface area contributed by atoms with Crippen LogP contribution in [-0.4, -0.2) is 12.6 Å². The first kappa shape index (κ1) is 9.05. The molecule has 0 bridgehead atoms. The molecule has 0 aromatic heterocycles. The van der Waals surface area contributed by atoms with Crippen molar-refractivity contribution in [1.29, 1.82) is 0 Å². The molecule has 1 saturated carbocycles. The Kier molecular flexibility index (Phi) is 3.38. The van der Waals surface area contributed by atoms with Crippen molar-refractivity contribution >= 4 is 0 Å². The van der Waals surface area contributed by atoms with Gasteiger partial charge in [-0.05, 0) is 38.1 Å². The maximum Gasteiger partial charge on any atom is 0.00387 e. The summed E-state index contributed by atoms with van der Waals surface area (Å²) >= 11 is 0. The lowest BCUT2D eigenvalue weighted by atomic mass is 10.2. The molecule has 3 unspecified atom stereocenters. The molecular weight excluding hydrogens is 134 g/mol. The average Bonchev–Trinajstić information content (AvgIpc) is 2.63. The SMILES string of the molecule is CCCC(C)NCC1CC1C. The zero-order chi connectivity index (χ0) is 8.27. The van der Waals surface area contributed by atoms with Crippen LogP contribution in [0, 0.1) is 11.8 Å². The summed E-state index contributed by atoms with van der Waals surface area (Å²) in [6, 6.07) is 0.729. The summed E-state index contributed by atoms with van der Waals surface area (Å²) in [7, 11) is 0.